The molecule has 0 aliphatic carbocycles. The summed E-state index contributed by atoms with van der Waals surface area (Å²) in [5.41, 5.74) is 2.48. The Kier molecular flexibility index (Phi) is 9.10. The second-order valence-corrected chi connectivity index (χ2v) is 12.4. The molecule has 4 heterocycles. The highest BCUT2D eigenvalue weighted by molar-refractivity contribution is 7.13. The number of amides is 2. The van der Waals surface area contributed by atoms with Gasteiger partial charge in [-0.1, -0.05) is 0 Å². The van der Waals surface area contributed by atoms with Gasteiger partial charge in [-0.3, -0.25) is 24.7 Å². The number of thiazole rings is 1. The van der Waals surface area contributed by atoms with Crippen molar-refractivity contribution < 1.29 is 24.0 Å². The third kappa shape index (κ3) is 7.59. The molecule has 2 amide bonds. The van der Waals surface area contributed by atoms with E-state index in [0.29, 0.717) is 35.1 Å². The van der Waals surface area contributed by atoms with E-state index in [1.54, 1.807) is 17.2 Å². The Labute approximate surface area is 254 Å². The van der Waals surface area contributed by atoms with Gasteiger partial charge in [-0.25, -0.2) is 14.8 Å². The molecule has 2 aliphatic rings. The van der Waals surface area contributed by atoms with E-state index in [1.807, 2.05) is 51.1 Å². The minimum absolute atomic E-state index is 0.249. The van der Waals surface area contributed by atoms with Gasteiger partial charge in [-0.15, -0.1) is 11.3 Å². The van der Waals surface area contributed by atoms with E-state index in [9.17, 15) is 14.4 Å². The zero-order valence-corrected chi connectivity index (χ0v) is 25.6. The van der Waals surface area contributed by atoms with E-state index in [1.165, 1.54) is 23.7 Å². The smallest absolute Gasteiger partial charge is 0.259 e. The van der Waals surface area contributed by atoms with Crippen LogP contribution >= 0.6 is 11.3 Å². The third-order valence-corrected chi connectivity index (χ3v) is 7.88. The Hall–Kier alpha value is -4.25. The fourth-order valence-corrected chi connectivity index (χ4v) is 5.73. The van der Waals surface area contributed by atoms with E-state index in [0.717, 1.165) is 37.3 Å². The zero-order chi connectivity index (χ0) is 30.6. The standard InChI is InChI=1S/C31H36N6O5S/c1-20-19-43-30(33-20)35-28(39)24-9-11-32-17-26(24)34-29(40)25-8-7-21(36-12-5-6-13-36)16-27(25)41-23-10-14-37(22(15-23)18-38)42-31(2,3)4/h7-9,11,16-17,19,23H,5-6,10,12-15H2,1-4H3,(H,34,40)(H,33,35,39). The molecule has 11 nitrogen and oxygen atoms in total. The Balaban J connectivity index is 1.38. The van der Waals surface area contributed by atoms with Crippen LogP contribution < -0.4 is 20.3 Å². The molecule has 1 aromatic carbocycles. The van der Waals surface area contributed by atoms with Crippen molar-refractivity contribution in [3.63, 3.8) is 0 Å². The summed E-state index contributed by atoms with van der Waals surface area (Å²) < 4.78 is 6.44. The zero-order valence-electron chi connectivity index (χ0n) is 24.8. The van der Waals surface area contributed by atoms with E-state index >= 15 is 0 Å². The summed E-state index contributed by atoms with van der Waals surface area (Å²) in [7, 11) is 0. The van der Waals surface area contributed by atoms with Crippen molar-refractivity contribution in [1.29, 1.82) is 0 Å². The second-order valence-electron chi connectivity index (χ2n) is 11.6. The van der Waals surface area contributed by atoms with Gasteiger partial charge in [0.2, 0.25) is 0 Å². The SMILES string of the molecule is Cc1csc(NC(=O)c2ccncc2NC(=O)c2ccc(N3CCCC3)cc2OC2CCN(OC(C)(C)C)C(=C=O)C2)n1. The first-order chi connectivity index (χ1) is 20.6. The molecule has 1 unspecified atom stereocenters. The van der Waals surface area contributed by atoms with Crippen molar-refractivity contribution in [1.82, 2.24) is 15.0 Å². The van der Waals surface area contributed by atoms with Gasteiger partial charge in [0.1, 0.15) is 23.5 Å². The van der Waals surface area contributed by atoms with Gasteiger partial charge in [0.05, 0.1) is 34.3 Å². The van der Waals surface area contributed by atoms with Crippen molar-refractivity contribution in [2.75, 3.05) is 35.2 Å². The molecule has 2 fully saturated rings. The summed E-state index contributed by atoms with van der Waals surface area (Å²) >= 11 is 1.32. The van der Waals surface area contributed by atoms with E-state index in [4.69, 9.17) is 9.57 Å². The molecule has 0 bridgehead atoms. The lowest BCUT2D eigenvalue weighted by atomic mass is 10.1. The number of rotatable bonds is 8. The number of nitrogens with zero attached hydrogens (tertiary/aromatic N) is 4. The summed E-state index contributed by atoms with van der Waals surface area (Å²) in [6.45, 7) is 9.92. The van der Waals surface area contributed by atoms with Crippen molar-refractivity contribution in [2.24, 2.45) is 0 Å². The normalized spacial score (nSPS) is 17.0. The number of anilines is 3. The van der Waals surface area contributed by atoms with Crippen LogP contribution in [0, 0.1) is 6.92 Å². The maximum absolute atomic E-state index is 13.7. The molecule has 2 aliphatic heterocycles. The highest BCUT2D eigenvalue weighted by atomic mass is 32.1. The average Bonchev–Trinajstić information content (AvgIpc) is 3.65. The summed E-state index contributed by atoms with van der Waals surface area (Å²) in [5, 5.41) is 9.52. The van der Waals surface area contributed by atoms with Crippen LogP contribution in [0.3, 0.4) is 0 Å². The van der Waals surface area contributed by atoms with Gasteiger partial charge in [0.25, 0.3) is 11.8 Å². The fraction of sp³-hybridized carbons (Fsp3) is 0.419. The number of pyridine rings is 1. The molecular weight excluding hydrogens is 568 g/mol. The molecule has 43 heavy (non-hydrogen) atoms. The Morgan fingerprint density at radius 1 is 1.07 bits per heavy atom. The average molecular weight is 605 g/mol. The van der Waals surface area contributed by atoms with Crippen molar-refractivity contribution in [2.45, 2.75) is 65.1 Å². The fourth-order valence-electron chi connectivity index (χ4n) is 5.05. The monoisotopic (exact) mass is 604 g/mol. The van der Waals surface area contributed by atoms with Crippen LogP contribution in [-0.2, 0) is 9.63 Å². The summed E-state index contributed by atoms with van der Waals surface area (Å²) in [6, 6.07) is 7.07. The molecule has 226 valence electrons. The van der Waals surface area contributed by atoms with Crippen LogP contribution in [0.25, 0.3) is 0 Å². The lowest BCUT2D eigenvalue weighted by molar-refractivity contribution is -0.217. The van der Waals surface area contributed by atoms with Gasteiger partial charge in [0.15, 0.2) is 5.13 Å². The minimum Gasteiger partial charge on any atom is -0.489 e. The van der Waals surface area contributed by atoms with Crippen LogP contribution in [0.2, 0.25) is 0 Å². The highest BCUT2D eigenvalue weighted by Gasteiger charge is 2.30. The number of benzene rings is 1. The molecule has 2 N–H and O–H groups in total. The highest BCUT2D eigenvalue weighted by Crippen LogP contribution is 2.33. The number of hydrogen-bond donors (Lipinski definition) is 2. The topological polar surface area (TPSA) is 126 Å². The van der Waals surface area contributed by atoms with Crippen LogP contribution in [0.4, 0.5) is 16.5 Å². The number of piperidine rings is 1. The maximum atomic E-state index is 13.7. The number of aryl methyl sites for hydroxylation is 1. The molecular formula is C31H36N6O5S. The van der Waals surface area contributed by atoms with Gasteiger partial charge < -0.3 is 15.0 Å². The molecule has 5 rings (SSSR count). The Morgan fingerprint density at radius 3 is 2.53 bits per heavy atom. The van der Waals surface area contributed by atoms with Gasteiger partial charge >= 0.3 is 0 Å². The summed E-state index contributed by atoms with van der Waals surface area (Å²) in [6.07, 6.45) is 5.64. The molecule has 2 aromatic heterocycles. The number of hydroxylamine groups is 2. The third-order valence-electron chi connectivity index (χ3n) is 7.01. The van der Waals surface area contributed by atoms with Gasteiger partial charge in [-0.05, 0) is 58.7 Å². The van der Waals surface area contributed by atoms with Crippen LogP contribution in [0.1, 0.15) is 72.9 Å². The van der Waals surface area contributed by atoms with Crippen LogP contribution in [-0.4, -0.2) is 64.1 Å². The molecule has 1 atom stereocenters. The quantitative estimate of drug-likeness (QED) is 0.332. The predicted octanol–water partition coefficient (Wildman–Crippen LogP) is 5.24. The summed E-state index contributed by atoms with van der Waals surface area (Å²) in [5.74, 6) is 1.54. The lowest BCUT2D eigenvalue weighted by Crippen LogP contribution is -2.41. The number of nitrogens with one attached hydrogen (secondary N) is 2. The number of carbonyl (C=O) groups excluding carboxylic acids is 3. The van der Waals surface area contributed by atoms with Crippen molar-refractivity contribution in [3.05, 3.63) is 64.6 Å². The Bertz CT molecular complexity index is 1540. The molecule has 2 saturated heterocycles. The van der Waals surface area contributed by atoms with E-state index in [-0.39, 0.29) is 23.8 Å². The van der Waals surface area contributed by atoms with Crippen LogP contribution in [0.15, 0.2) is 47.7 Å². The van der Waals surface area contributed by atoms with Gasteiger partial charge in [-0.2, -0.15) is 0 Å². The molecule has 3 aromatic rings. The summed E-state index contributed by atoms with van der Waals surface area (Å²) in [4.78, 5) is 55.2. The molecule has 12 heteroatoms. The molecule has 0 spiro atoms. The molecule has 0 radical (unpaired) electrons. The largest absolute Gasteiger partial charge is 0.489 e. The van der Waals surface area contributed by atoms with E-state index < -0.39 is 17.4 Å². The first-order valence-corrected chi connectivity index (χ1v) is 15.2. The predicted molar refractivity (Wildman–Crippen MR) is 165 cm³/mol. The number of aromatic nitrogens is 2. The second kappa shape index (κ2) is 12.9. The van der Waals surface area contributed by atoms with Crippen LogP contribution in [0.5, 0.6) is 5.75 Å². The number of carbonyl (C=O) groups is 2. The number of ether oxygens (including phenoxy) is 1. The first-order valence-electron chi connectivity index (χ1n) is 14.3. The lowest BCUT2D eigenvalue weighted by Gasteiger charge is -2.37. The van der Waals surface area contributed by atoms with E-state index in [2.05, 4.69) is 25.5 Å². The minimum atomic E-state index is -0.466. The maximum Gasteiger partial charge on any atom is 0.259 e. The first kappa shape index (κ1) is 30.2. The van der Waals surface area contributed by atoms with Crippen molar-refractivity contribution in [3.8, 4) is 5.75 Å². The molecule has 0 saturated carbocycles. The number of hydrogen-bond acceptors (Lipinski definition) is 10. The van der Waals surface area contributed by atoms with Gasteiger partial charge in [0, 0.05) is 55.8 Å². The van der Waals surface area contributed by atoms with Crippen molar-refractivity contribution >= 4 is 45.6 Å². The Morgan fingerprint density at radius 2 is 1.84 bits per heavy atom.